The lowest BCUT2D eigenvalue weighted by molar-refractivity contribution is -0.384. The van der Waals surface area contributed by atoms with Gasteiger partial charge in [0.05, 0.1) is 4.92 Å². The molecule has 2 aliphatic rings. The molecule has 0 bridgehead atoms. The van der Waals surface area contributed by atoms with Crippen LogP contribution >= 0.6 is 0 Å². The monoisotopic (exact) mass is 369 g/mol. The number of nitro benzene ring substituents is 1. The van der Waals surface area contributed by atoms with Gasteiger partial charge >= 0.3 is 0 Å². The molecule has 2 heterocycles. The summed E-state index contributed by atoms with van der Waals surface area (Å²) in [6.07, 6.45) is 6.17. The quantitative estimate of drug-likeness (QED) is 0.623. The average Bonchev–Trinajstić information content (AvgIpc) is 3.40. The number of nitrogens with one attached hydrogen (secondary N) is 1. The number of carbonyl (C=O) groups excluding carboxylic acids is 1. The van der Waals surface area contributed by atoms with Crippen LogP contribution in [0.25, 0.3) is 5.69 Å². The van der Waals surface area contributed by atoms with Gasteiger partial charge in [-0.05, 0) is 50.3 Å². The Morgan fingerprint density at radius 2 is 1.93 bits per heavy atom. The van der Waals surface area contributed by atoms with Crippen LogP contribution in [0, 0.1) is 16.0 Å². The molecular formula is C19H23N5O3. The zero-order valence-corrected chi connectivity index (χ0v) is 15.1. The number of nitro groups is 1. The van der Waals surface area contributed by atoms with E-state index in [4.69, 9.17) is 0 Å². The number of likely N-dealkylation sites (tertiary alicyclic amines) is 1. The first-order chi connectivity index (χ1) is 13.1. The minimum absolute atomic E-state index is 0.0397. The van der Waals surface area contributed by atoms with Gasteiger partial charge in [-0.2, -0.15) is 5.10 Å². The first kappa shape index (κ1) is 17.7. The summed E-state index contributed by atoms with van der Waals surface area (Å²) in [5.74, 6) is 0.739. The standard InChI is InChI=1S/C19H23N5O3/c25-19(22-10-7-15(8-11-22)20-13-14-5-6-14)16-9-12-23(21-16)17-3-1-2-4-18(17)24(26)27/h1-4,9,12,14-15,20H,5-8,10-11,13H2. The summed E-state index contributed by atoms with van der Waals surface area (Å²) in [7, 11) is 0. The van der Waals surface area contributed by atoms with Gasteiger partial charge in [0.1, 0.15) is 5.69 Å². The van der Waals surface area contributed by atoms with Crippen molar-refractivity contribution in [3.63, 3.8) is 0 Å². The Labute approximate surface area is 157 Å². The molecule has 2 fully saturated rings. The molecule has 8 nitrogen and oxygen atoms in total. The number of hydrogen-bond acceptors (Lipinski definition) is 5. The number of rotatable bonds is 6. The summed E-state index contributed by atoms with van der Waals surface area (Å²) in [4.78, 5) is 25.3. The highest BCUT2D eigenvalue weighted by Gasteiger charge is 2.27. The van der Waals surface area contributed by atoms with Crippen LogP contribution < -0.4 is 5.32 Å². The van der Waals surface area contributed by atoms with Gasteiger partial charge in [0, 0.05) is 31.4 Å². The Kier molecular flexibility index (Phi) is 4.89. The Hall–Kier alpha value is -2.74. The number of amides is 1. The number of hydrogen-bond donors (Lipinski definition) is 1. The fourth-order valence-electron chi connectivity index (χ4n) is 3.49. The number of aromatic nitrogens is 2. The predicted molar refractivity (Wildman–Crippen MR) is 99.9 cm³/mol. The third kappa shape index (κ3) is 4.00. The van der Waals surface area contributed by atoms with E-state index in [0.29, 0.717) is 30.5 Å². The van der Waals surface area contributed by atoms with Gasteiger partial charge < -0.3 is 10.2 Å². The van der Waals surface area contributed by atoms with Gasteiger partial charge in [-0.25, -0.2) is 4.68 Å². The van der Waals surface area contributed by atoms with Crippen LogP contribution in [0.3, 0.4) is 0 Å². The van der Waals surface area contributed by atoms with Gasteiger partial charge in [0.2, 0.25) is 0 Å². The second-order valence-electron chi connectivity index (χ2n) is 7.31. The number of benzene rings is 1. The van der Waals surface area contributed by atoms with Crippen molar-refractivity contribution in [2.45, 2.75) is 31.7 Å². The molecule has 1 saturated carbocycles. The molecule has 142 valence electrons. The predicted octanol–water partition coefficient (Wildman–Crippen LogP) is 2.38. The van der Waals surface area contributed by atoms with E-state index in [1.807, 2.05) is 4.90 Å². The lowest BCUT2D eigenvalue weighted by Gasteiger charge is -2.32. The van der Waals surface area contributed by atoms with E-state index in [0.717, 1.165) is 25.3 Å². The van der Waals surface area contributed by atoms with Crippen molar-refractivity contribution in [3.8, 4) is 5.69 Å². The topological polar surface area (TPSA) is 93.3 Å². The highest BCUT2D eigenvalue weighted by Crippen LogP contribution is 2.28. The van der Waals surface area contributed by atoms with Crippen LogP contribution in [0.4, 0.5) is 5.69 Å². The SMILES string of the molecule is O=C(c1ccn(-c2ccccc2[N+](=O)[O-])n1)N1CCC(NCC2CC2)CC1. The van der Waals surface area contributed by atoms with Crippen LogP contribution in [-0.4, -0.2) is 51.2 Å². The average molecular weight is 369 g/mol. The van der Waals surface area contributed by atoms with Gasteiger partial charge in [-0.3, -0.25) is 14.9 Å². The molecule has 27 heavy (non-hydrogen) atoms. The normalized spacial score (nSPS) is 17.9. The minimum Gasteiger partial charge on any atom is -0.337 e. The van der Waals surface area contributed by atoms with Gasteiger partial charge in [0.15, 0.2) is 5.69 Å². The van der Waals surface area contributed by atoms with E-state index >= 15 is 0 Å². The molecule has 0 spiro atoms. The molecule has 0 radical (unpaired) electrons. The molecule has 4 rings (SSSR count). The summed E-state index contributed by atoms with van der Waals surface area (Å²) in [5.41, 5.74) is 0.629. The van der Waals surface area contributed by atoms with E-state index in [2.05, 4.69) is 10.4 Å². The molecule has 8 heteroatoms. The largest absolute Gasteiger partial charge is 0.337 e. The Balaban J connectivity index is 1.40. The van der Waals surface area contributed by atoms with E-state index < -0.39 is 4.92 Å². The highest BCUT2D eigenvalue weighted by atomic mass is 16.6. The zero-order chi connectivity index (χ0) is 18.8. The van der Waals surface area contributed by atoms with Crippen molar-refractivity contribution < 1.29 is 9.72 Å². The van der Waals surface area contributed by atoms with E-state index in [1.54, 1.807) is 30.5 Å². The molecule has 1 saturated heterocycles. The maximum Gasteiger partial charge on any atom is 0.294 e. The van der Waals surface area contributed by atoms with Crippen LogP contribution in [0.2, 0.25) is 0 Å². The second-order valence-corrected chi connectivity index (χ2v) is 7.31. The summed E-state index contributed by atoms with van der Waals surface area (Å²) in [5, 5.41) is 19.1. The molecular weight excluding hydrogens is 346 g/mol. The van der Waals surface area contributed by atoms with Crippen molar-refractivity contribution in [2.75, 3.05) is 19.6 Å². The molecule has 2 aromatic rings. The third-order valence-electron chi connectivity index (χ3n) is 5.31. The van der Waals surface area contributed by atoms with Crippen molar-refractivity contribution in [1.29, 1.82) is 0 Å². The second kappa shape index (κ2) is 7.48. The number of para-hydroxylation sites is 2. The Morgan fingerprint density at radius 1 is 1.19 bits per heavy atom. The minimum atomic E-state index is -0.447. The van der Waals surface area contributed by atoms with E-state index in [-0.39, 0.29) is 11.6 Å². The lowest BCUT2D eigenvalue weighted by atomic mass is 10.0. The molecule has 1 aliphatic heterocycles. The highest BCUT2D eigenvalue weighted by molar-refractivity contribution is 5.92. The molecule has 1 N–H and O–H groups in total. The summed E-state index contributed by atoms with van der Waals surface area (Å²) >= 11 is 0. The third-order valence-corrected chi connectivity index (χ3v) is 5.31. The summed E-state index contributed by atoms with van der Waals surface area (Å²) in [6.45, 7) is 2.51. The van der Waals surface area contributed by atoms with Crippen LogP contribution in [0.15, 0.2) is 36.5 Å². The molecule has 0 atom stereocenters. The smallest absolute Gasteiger partial charge is 0.294 e. The van der Waals surface area contributed by atoms with Crippen molar-refractivity contribution >= 4 is 11.6 Å². The molecule has 1 aliphatic carbocycles. The van der Waals surface area contributed by atoms with Gasteiger partial charge in [-0.15, -0.1) is 0 Å². The van der Waals surface area contributed by atoms with Crippen molar-refractivity contribution in [1.82, 2.24) is 20.0 Å². The fraction of sp³-hybridized carbons (Fsp3) is 0.474. The van der Waals surface area contributed by atoms with Gasteiger partial charge in [-0.1, -0.05) is 12.1 Å². The summed E-state index contributed by atoms with van der Waals surface area (Å²) < 4.78 is 1.40. The molecule has 1 aromatic heterocycles. The molecule has 0 unspecified atom stereocenters. The Morgan fingerprint density at radius 3 is 2.63 bits per heavy atom. The van der Waals surface area contributed by atoms with Crippen LogP contribution in [0.5, 0.6) is 0 Å². The molecule has 1 aromatic carbocycles. The Bertz CT molecular complexity index is 837. The van der Waals surface area contributed by atoms with Crippen LogP contribution in [-0.2, 0) is 0 Å². The van der Waals surface area contributed by atoms with Crippen LogP contribution in [0.1, 0.15) is 36.2 Å². The molecule has 1 amide bonds. The maximum absolute atomic E-state index is 12.7. The summed E-state index contributed by atoms with van der Waals surface area (Å²) in [6, 6.07) is 8.48. The van der Waals surface area contributed by atoms with E-state index in [1.165, 1.54) is 23.6 Å². The van der Waals surface area contributed by atoms with E-state index in [9.17, 15) is 14.9 Å². The van der Waals surface area contributed by atoms with Gasteiger partial charge in [0.25, 0.3) is 11.6 Å². The number of piperidine rings is 1. The van der Waals surface area contributed by atoms with Crippen molar-refractivity contribution in [3.05, 3.63) is 52.3 Å². The lowest BCUT2D eigenvalue weighted by Crippen LogP contribution is -2.45. The maximum atomic E-state index is 12.7. The first-order valence-corrected chi connectivity index (χ1v) is 9.44. The fourth-order valence-corrected chi connectivity index (χ4v) is 3.49. The number of carbonyl (C=O) groups is 1. The zero-order valence-electron chi connectivity index (χ0n) is 15.1. The first-order valence-electron chi connectivity index (χ1n) is 9.44. The van der Waals surface area contributed by atoms with Crippen molar-refractivity contribution in [2.24, 2.45) is 5.92 Å². The number of nitrogens with zero attached hydrogens (tertiary/aromatic N) is 4.